The standard InChI is InChI=1S/C13H12ClNO3/c1-8(7-15)4-11(16)9-5-10(14)13-12(6-9)17-2-3-18-13/h5-6,8H,2-4H2,1H3. The number of nitriles is 1. The molecule has 18 heavy (non-hydrogen) atoms. The summed E-state index contributed by atoms with van der Waals surface area (Å²) in [6.45, 7) is 2.60. The molecule has 1 unspecified atom stereocenters. The van der Waals surface area contributed by atoms with Crippen molar-refractivity contribution in [1.29, 1.82) is 5.26 Å². The van der Waals surface area contributed by atoms with Crippen molar-refractivity contribution >= 4 is 17.4 Å². The molecule has 0 radical (unpaired) electrons. The number of nitrogens with zero attached hydrogens (tertiary/aromatic N) is 1. The fourth-order valence-electron chi connectivity index (χ4n) is 1.71. The van der Waals surface area contributed by atoms with Crippen molar-refractivity contribution in [2.45, 2.75) is 13.3 Å². The van der Waals surface area contributed by atoms with Crippen LogP contribution >= 0.6 is 11.6 Å². The van der Waals surface area contributed by atoms with Gasteiger partial charge in [0.2, 0.25) is 0 Å². The summed E-state index contributed by atoms with van der Waals surface area (Å²) in [5.41, 5.74) is 0.450. The lowest BCUT2D eigenvalue weighted by atomic mass is 10.0. The first kappa shape index (κ1) is 12.7. The number of halogens is 1. The van der Waals surface area contributed by atoms with Crippen LogP contribution in [0.3, 0.4) is 0 Å². The maximum absolute atomic E-state index is 11.9. The van der Waals surface area contributed by atoms with Crippen LogP contribution in [-0.4, -0.2) is 19.0 Å². The Labute approximate surface area is 110 Å². The zero-order valence-corrected chi connectivity index (χ0v) is 10.7. The van der Waals surface area contributed by atoms with E-state index in [-0.39, 0.29) is 18.1 Å². The minimum atomic E-state index is -0.315. The van der Waals surface area contributed by atoms with Crippen molar-refractivity contribution in [3.05, 3.63) is 22.7 Å². The van der Waals surface area contributed by atoms with Crippen molar-refractivity contribution in [1.82, 2.24) is 0 Å². The number of hydrogen-bond acceptors (Lipinski definition) is 4. The van der Waals surface area contributed by atoms with Crippen LogP contribution in [0.25, 0.3) is 0 Å². The molecule has 1 aliphatic heterocycles. The van der Waals surface area contributed by atoms with Gasteiger partial charge < -0.3 is 9.47 Å². The van der Waals surface area contributed by atoms with Crippen LogP contribution in [0.2, 0.25) is 5.02 Å². The summed E-state index contributed by atoms with van der Waals surface area (Å²) >= 11 is 6.04. The van der Waals surface area contributed by atoms with Crippen LogP contribution in [0.4, 0.5) is 0 Å². The monoisotopic (exact) mass is 265 g/mol. The number of Topliss-reactive ketones (excluding diaryl/α,β-unsaturated/α-hetero) is 1. The van der Waals surface area contributed by atoms with Gasteiger partial charge in [0.1, 0.15) is 13.2 Å². The highest BCUT2D eigenvalue weighted by Gasteiger charge is 2.20. The molecule has 1 aliphatic rings. The molecule has 0 amide bonds. The topological polar surface area (TPSA) is 59.3 Å². The molecule has 0 aromatic heterocycles. The van der Waals surface area contributed by atoms with Gasteiger partial charge in [-0.25, -0.2) is 0 Å². The molecule has 0 N–H and O–H groups in total. The molecule has 1 atom stereocenters. The third kappa shape index (κ3) is 2.57. The molecule has 0 saturated carbocycles. The molecule has 0 fully saturated rings. The summed E-state index contributed by atoms with van der Waals surface area (Å²) in [6.07, 6.45) is 0.173. The maximum atomic E-state index is 11.9. The Bertz CT molecular complexity index is 522. The van der Waals surface area contributed by atoms with E-state index in [2.05, 4.69) is 0 Å². The largest absolute Gasteiger partial charge is 0.486 e. The average Bonchev–Trinajstić information content (AvgIpc) is 2.38. The molecule has 0 saturated heterocycles. The van der Waals surface area contributed by atoms with Crippen LogP contribution in [-0.2, 0) is 0 Å². The molecule has 94 valence electrons. The molecule has 0 bridgehead atoms. The minimum absolute atomic E-state index is 0.122. The zero-order chi connectivity index (χ0) is 13.1. The van der Waals surface area contributed by atoms with E-state index in [1.165, 1.54) is 0 Å². The van der Waals surface area contributed by atoms with Crippen LogP contribution in [0, 0.1) is 17.2 Å². The molecule has 1 aromatic carbocycles. The van der Waals surface area contributed by atoms with Crippen LogP contribution in [0.5, 0.6) is 11.5 Å². The molecule has 2 rings (SSSR count). The van der Waals surface area contributed by atoms with E-state index in [9.17, 15) is 4.79 Å². The first-order valence-corrected chi connectivity index (χ1v) is 6.01. The number of rotatable bonds is 3. The minimum Gasteiger partial charge on any atom is -0.486 e. The summed E-state index contributed by atoms with van der Waals surface area (Å²) in [4.78, 5) is 11.9. The number of ketones is 1. The number of ether oxygens (including phenoxy) is 2. The van der Waals surface area contributed by atoms with E-state index < -0.39 is 0 Å². The van der Waals surface area contributed by atoms with Gasteiger partial charge in [0.05, 0.1) is 17.0 Å². The van der Waals surface area contributed by atoms with E-state index in [1.54, 1.807) is 19.1 Å². The Morgan fingerprint density at radius 1 is 1.50 bits per heavy atom. The average molecular weight is 266 g/mol. The second-order valence-corrected chi connectivity index (χ2v) is 4.55. The molecule has 4 nitrogen and oxygen atoms in total. The molecule has 0 aliphatic carbocycles. The van der Waals surface area contributed by atoms with Gasteiger partial charge >= 0.3 is 0 Å². The molecular formula is C13H12ClNO3. The predicted octanol–water partition coefficient (Wildman–Crippen LogP) is 2.84. The molecule has 5 heteroatoms. The van der Waals surface area contributed by atoms with Gasteiger partial charge in [-0.15, -0.1) is 0 Å². The number of carbonyl (C=O) groups excluding carboxylic acids is 1. The number of carbonyl (C=O) groups is 1. The van der Waals surface area contributed by atoms with Gasteiger partial charge in [0.25, 0.3) is 0 Å². The summed E-state index contributed by atoms with van der Waals surface area (Å²) in [6, 6.07) is 5.21. The summed E-state index contributed by atoms with van der Waals surface area (Å²) in [7, 11) is 0. The second-order valence-electron chi connectivity index (χ2n) is 4.14. The van der Waals surface area contributed by atoms with Crippen molar-refractivity contribution in [3.8, 4) is 17.6 Å². The Morgan fingerprint density at radius 3 is 2.94 bits per heavy atom. The molecule has 1 heterocycles. The van der Waals surface area contributed by atoms with Gasteiger partial charge in [-0.2, -0.15) is 5.26 Å². The Balaban J connectivity index is 2.27. The number of fused-ring (bicyclic) bond motifs is 1. The predicted molar refractivity (Wildman–Crippen MR) is 66.2 cm³/mol. The zero-order valence-electron chi connectivity index (χ0n) is 9.90. The first-order valence-electron chi connectivity index (χ1n) is 5.63. The van der Waals surface area contributed by atoms with Crippen LogP contribution in [0.1, 0.15) is 23.7 Å². The first-order chi connectivity index (χ1) is 8.61. The fourth-order valence-corrected chi connectivity index (χ4v) is 1.98. The summed E-state index contributed by atoms with van der Waals surface area (Å²) < 4.78 is 10.8. The van der Waals surface area contributed by atoms with Gasteiger partial charge in [0.15, 0.2) is 17.3 Å². The van der Waals surface area contributed by atoms with E-state index in [0.717, 1.165) is 0 Å². The summed E-state index contributed by atoms with van der Waals surface area (Å²) in [5.74, 6) is 0.530. The third-order valence-electron chi connectivity index (χ3n) is 2.63. The van der Waals surface area contributed by atoms with Gasteiger partial charge in [-0.05, 0) is 19.1 Å². The van der Waals surface area contributed by atoms with Crippen molar-refractivity contribution in [2.24, 2.45) is 5.92 Å². The highest BCUT2D eigenvalue weighted by Crippen LogP contribution is 2.38. The normalized spacial score (nSPS) is 14.7. The number of benzene rings is 1. The highest BCUT2D eigenvalue weighted by molar-refractivity contribution is 6.32. The van der Waals surface area contributed by atoms with E-state index in [1.807, 2.05) is 6.07 Å². The van der Waals surface area contributed by atoms with Crippen molar-refractivity contribution in [3.63, 3.8) is 0 Å². The molecule has 1 aromatic rings. The third-order valence-corrected chi connectivity index (χ3v) is 2.91. The van der Waals surface area contributed by atoms with Crippen LogP contribution < -0.4 is 9.47 Å². The number of hydrogen-bond donors (Lipinski definition) is 0. The Kier molecular flexibility index (Phi) is 3.73. The molecular weight excluding hydrogens is 254 g/mol. The Morgan fingerprint density at radius 2 is 2.22 bits per heavy atom. The quantitative estimate of drug-likeness (QED) is 0.789. The lowest BCUT2D eigenvalue weighted by molar-refractivity contribution is 0.0971. The van der Waals surface area contributed by atoms with Gasteiger partial charge in [0, 0.05) is 12.0 Å². The van der Waals surface area contributed by atoms with E-state index in [4.69, 9.17) is 26.3 Å². The maximum Gasteiger partial charge on any atom is 0.179 e. The van der Waals surface area contributed by atoms with E-state index >= 15 is 0 Å². The van der Waals surface area contributed by atoms with Crippen LogP contribution in [0.15, 0.2) is 12.1 Å². The van der Waals surface area contributed by atoms with Crippen molar-refractivity contribution in [2.75, 3.05) is 13.2 Å². The van der Waals surface area contributed by atoms with Crippen molar-refractivity contribution < 1.29 is 14.3 Å². The Hall–Kier alpha value is -1.73. The molecule has 0 spiro atoms. The lowest BCUT2D eigenvalue weighted by Crippen LogP contribution is -2.16. The highest BCUT2D eigenvalue weighted by atomic mass is 35.5. The van der Waals surface area contributed by atoms with Gasteiger partial charge in [-0.1, -0.05) is 11.6 Å². The van der Waals surface area contributed by atoms with Gasteiger partial charge in [-0.3, -0.25) is 4.79 Å². The smallest absolute Gasteiger partial charge is 0.179 e. The SMILES string of the molecule is CC(C#N)CC(=O)c1cc(Cl)c2c(c1)OCCO2. The second kappa shape index (κ2) is 5.28. The van der Waals surface area contributed by atoms with E-state index in [0.29, 0.717) is 35.3 Å². The fraction of sp³-hybridized carbons (Fsp3) is 0.385. The summed E-state index contributed by atoms with van der Waals surface area (Å²) in [5, 5.41) is 9.07. The lowest BCUT2D eigenvalue weighted by Gasteiger charge is -2.20.